The normalized spacial score (nSPS) is 12.5. The van der Waals surface area contributed by atoms with Crippen LogP contribution in [0.4, 0.5) is 0 Å². The second-order valence-corrected chi connectivity index (χ2v) is 2.80. The summed E-state index contributed by atoms with van der Waals surface area (Å²) in [4.78, 5) is 11.1. The van der Waals surface area contributed by atoms with Crippen LogP contribution in [-0.4, -0.2) is 36.9 Å². The summed E-state index contributed by atoms with van der Waals surface area (Å²) < 4.78 is 5.03. The highest BCUT2D eigenvalue weighted by molar-refractivity contribution is 5.76. The van der Waals surface area contributed by atoms with Crippen LogP contribution in [0.3, 0.4) is 0 Å². The van der Waals surface area contributed by atoms with Crippen molar-refractivity contribution in [1.82, 2.24) is 5.32 Å². The predicted molar refractivity (Wildman–Crippen MR) is 50.4 cm³/mol. The lowest BCUT2D eigenvalue weighted by atomic mass is 10.2. The van der Waals surface area contributed by atoms with Gasteiger partial charge in [-0.05, 0) is 13.3 Å². The Hall–Kier alpha value is -0.610. The van der Waals surface area contributed by atoms with Crippen molar-refractivity contribution >= 4 is 5.91 Å². The molecule has 4 heteroatoms. The maximum Gasteiger partial charge on any atom is 0.222 e. The van der Waals surface area contributed by atoms with Crippen molar-refractivity contribution in [1.29, 1.82) is 0 Å². The Labute approximate surface area is 79.3 Å². The average molecular weight is 189 g/mol. The second kappa shape index (κ2) is 8.01. The molecule has 0 aliphatic rings. The molecule has 1 atom stereocenters. The summed E-state index contributed by atoms with van der Waals surface area (Å²) >= 11 is 0. The van der Waals surface area contributed by atoms with Gasteiger partial charge in [-0.15, -0.1) is 0 Å². The van der Waals surface area contributed by atoms with E-state index in [1.165, 1.54) is 0 Å². The minimum atomic E-state index is -0.117. The third-order valence-electron chi connectivity index (χ3n) is 1.76. The van der Waals surface area contributed by atoms with Crippen LogP contribution in [0.1, 0.15) is 26.7 Å². The maximum atomic E-state index is 11.1. The Morgan fingerprint density at radius 1 is 1.54 bits per heavy atom. The summed E-state index contributed by atoms with van der Waals surface area (Å²) in [6.07, 6.45) is 1.11. The Morgan fingerprint density at radius 3 is 2.69 bits per heavy atom. The molecule has 0 saturated carbocycles. The molecule has 0 saturated heterocycles. The number of nitrogens with one attached hydrogen (secondary N) is 1. The quantitative estimate of drug-likeness (QED) is 0.566. The van der Waals surface area contributed by atoms with Crippen molar-refractivity contribution in [2.75, 3.05) is 19.8 Å². The van der Waals surface area contributed by atoms with E-state index in [4.69, 9.17) is 9.84 Å². The first-order chi connectivity index (χ1) is 6.24. The van der Waals surface area contributed by atoms with Gasteiger partial charge in [0.2, 0.25) is 5.91 Å². The number of amides is 1. The number of rotatable bonds is 7. The number of hydrogen-bond donors (Lipinski definition) is 2. The SMILES string of the molecule is CCOCCC(=O)N[C@H](CC)CO. The fourth-order valence-electron chi connectivity index (χ4n) is 0.886. The zero-order valence-corrected chi connectivity index (χ0v) is 8.38. The molecule has 0 rings (SSSR count). The molecular weight excluding hydrogens is 170 g/mol. The maximum absolute atomic E-state index is 11.1. The predicted octanol–water partition coefficient (Wildman–Crippen LogP) is 0.300. The molecule has 0 aromatic heterocycles. The first-order valence-corrected chi connectivity index (χ1v) is 4.72. The topological polar surface area (TPSA) is 58.6 Å². The Balaban J connectivity index is 3.48. The lowest BCUT2D eigenvalue weighted by molar-refractivity contribution is -0.123. The van der Waals surface area contributed by atoms with Crippen molar-refractivity contribution in [2.24, 2.45) is 0 Å². The monoisotopic (exact) mass is 189 g/mol. The van der Waals surface area contributed by atoms with Gasteiger partial charge in [-0.25, -0.2) is 0 Å². The third-order valence-corrected chi connectivity index (χ3v) is 1.76. The van der Waals surface area contributed by atoms with E-state index in [1.54, 1.807) is 0 Å². The van der Waals surface area contributed by atoms with Crippen molar-refractivity contribution in [3.63, 3.8) is 0 Å². The van der Waals surface area contributed by atoms with E-state index in [1.807, 2.05) is 13.8 Å². The first kappa shape index (κ1) is 12.4. The van der Waals surface area contributed by atoms with Gasteiger partial charge in [-0.1, -0.05) is 6.92 Å². The Bertz CT molecular complexity index is 135. The van der Waals surface area contributed by atoms with Crippen LogP contribution in [0.25, 0.3) is 0 Å². The van der Waals surface area contributed by atoms with Crippen LogP contribution < -0.4 is 5.32 Å². The molecule has 0 fully saturated rings. The van der Waals surface area contributed by atoms with E-state index in [-0.39, 0.29) is 18.6 Å². The lowest BCUT2D eigenvalue weighted by Gasteiger charge is -2.13. The van der Waals surface area contributed by atoms with E-state index in [0.717, 1.165) is 6.42 Å². The summed E-state index contributed by atoms with van der Waals surface area (Å²) in [5, 5.41) is 11.5. The molecule has 13 heavy (non-hydrogen) atoms. The Kier molecular flexibility index (Phi) is 7.63. The molecule has 0 aromatic carbocycles. The average Bonchev–Trinajstić information content (AvgIpc) is 2.14. The highest BCUT2D eigenvalue weighted by atomic mass is 16.5. The molecule has 2 N–H and O–H groups in total. The van der Waals surface area contributed by atoms with Gasteiger partial charge in [0.05, 0.1) is 19.3 Å². The van der Waals surface area contributed by atoms with E-state index >= 15 is 0 Å². The standard InChI is InChI=1S/C9H19NO3/c1-3-8(7-11)10-9(12)5-6-13-4-2/h8,11H,3-7H2,1-2H3,(H,10,12)/t8-/m1/s1. The number of aliphatic hydroxyl groups excluding tert-OH is 1. The molecule has 0 bridgehead atoms. The highest BCUT2D eigenvalue weighted by Crippen LogP contribution is 1.91. The van der Waals surface area contributed by atoms with Gasteiger partial charge in [-0.2, -0.15) is 0 Å². The van der Waals surface area contributed by atoms with Crippen molar-refractivity contribution in [3.05, 3.63) is 0 Å². The summed E-state index contributed by atoms with van der Waals surface area (Å²) in [6, 6.07) is -0.117. The first-order valence-electron chi connectivity index (χ1n) is 4.72. The molecule has 78 valence electrons. The van der Waals surface area contributed by atoms with Crippen molar-refractivity contribution < 1.29 is 14.6 Å². The molecule has 4 nitrogen and oxygen atoms in total. The third kappa shape index (κ3) is 6.54. The van der Waals surface area contributed by atoms with Gasteiger partial charge in [0.15, 0.2) is 0 Å². The van der Waals surface area contributed by atoms with Crippen LogP contribution in [-0.2, 0) is 9.53 Å². The largest absolute Gasteiger partial charge is 0.394 e. The fraction of sp³-hybridized carbons (Fsp3) is 0.889. The Morgan fingerprint density at radius 2 is 2.23 bits per heavy atom. The molecular formula is C9H19NO3. The molecule has 0 heterocycles. The van der Waals surface area contributed by atoms with E-state index in [0.29, 0.717) is 19.6 Å². The number of aliphatic hydroxyl groups is 1. The lowest BCUT2D eigenvalue weighted by Crippen LogP contribution is -2.37. The zero-order valence-electron chi connectivity index (χ0n) is 8.38. The van der Waals surface area contributed by atoms with Crippen LogP contribution >= 0.6 is 0 Å². The van der Waals surface area contributed by atoms with E-state index in [9.17, 15) is 4.79 Å². The smallest absolute Gasteiger partial charge is 0.222 e. The summed E-state index contributed by atoms with van der Waals surface area (Å²) in [5.74, 6) is -0.0608. The molecule has 0 aromatic rings. The van der Waals surface area contributed by atoms with Crippen molar-refractivity contribution in [2.45, 2.75) is 32.7 Å². The fourth-order valence-corrected chi connectivity index (χ4v) is 0.886. The molecule has 1 amide bonds. The summed E-state index contributed by atoms with van der Waals surface area (Å²) in [6.45, 7) is 4.88. The number of carbonyl (C=O) groups is 1. The van der Waals surface area contributed by atoms with Gasteiger partial charge >= 0.3 is 0 Å². The van der Waals surface area contributed by atoms with Crippen LogP contribution in [0.2, 0.25) is 0 Å². The number of hydrogen-bond acceptors (Lipinski definition) is 3. The van der Waals surface area contributed by atoms with Gasteiger partial charge < -0.3 is 15.2 Å². The summed E-state index contributed by atoms with van der Waals surface area (Å²) in [5.41, 5.74) is 0. The van der Waals surface area contributed by atoms with Crippen LogP contribution in [0.15, 0.2) is 0 Å². The van der Waals surface area contributed by atoms with Gasteiger partial charge in [0.25, 0.3) is 0 Å². The molecule has 0 spiro atoms. The van der Waals surface area contributed by atoms with E-state index in [2.05, 4.69) is 5.32 Å². The number of ether oxygens (including phenoxy) is 1. The van der Waals surface area contributed by atoms with Crippen molar-refractivity contribution in [3.8, 4) is 0 Å². The van der Waals surface area contributed by atoms with Gasteiger partial charge in [0, 0.05) is 13.0 Å². The van der Waals surface area contributed by atoms with E-state index < -0.39 is 0 Å². The molecule has 0 radical (unpaired) electrons. The number of carbonyl (C=O) groups excluding carboxylic acids is 1. The minimum absolute atomic E-state index is 0.00310. The minimum Gasteiger partial charge on any atom is -0.394 e. The molecule has 0 aliphatic carbocycles. The summed E-state index contributed by atoms with van der Waals surface area (Å²) in [7, 11) is 0. The second-order valence-electron chi connectivity index (χ2n) is 2.80. The molecule has 0 unspecified atom stereocenters. The molecule has 0 aliphatic heterocycles. The van der Waals surface area contributed by atoms with Gasteiger partial charge in [0.1, 0.15) is 0 Å². The zero-order chi connectivity index (χ0) is 10.1. The van der Waals surface area contributed by atoms with Crippen LogP contribution in [0, 0.1) is 0 Å². The van der Waals surface area contributed by atoms with Gasteiger partial charge in [-0.3, -0.25) is 4.79 Å². The highest BCUT2D eigenvalue weighted by Gasteiger charge is 2.07. The van der Waals surface area contributed by atoms with Crippen LogP contribution in [0.5, 0.6) is 0 Å².